The molecule has 0 spiro atoms. The second kappa shape index (κ2) is 14.6. The summed E-state index contributed by atoms with van der Waals surface area (Å²) in [6, 6.07) is 27.7. The zero-order chi connectivity index (χ0) is 29.2. The third-order valence-electron chi connectivity index (χ3n) is 5.73. The van der Waals surface area contributed by atoms with Gasteiger partial charge in [-0.3, -0.25) is 14.4 Å². The van der Waals surface area contributed by atoms with Crippen LogP contribution < -0.4 is 15.4 Å². The molecule has 0 aromatic heterocycles. The van der Waals surface area contributed by atoms with Crippen molar-refractivity contribution in [2.75, 3.05) is 17.7 Å². The largest absolute Gasteiger partial charge is 0.494 e. The lowest BCUT2D eigenvalue weighted by Gasteiger charge is -2.12. The van der Waals surface area contributed by atoms with Crippen LogP contribution in [0.3, 0.4) is 0 Å². The van der Waals surface area contributed by atoms with E-state index in [4.69, 9.17) is 27.9 Å². The number of rotatable bonds is 11. The Bertz CT molecular complexity index is 1570. The number of carbonyl (C=O) groups is 3. The van der Waals surface area contributed by atoms with E-state index in [0.29, 0.717) is 44.8 Å². The first kappa shape index (κ1) is 29.9. The highest BCUT2D eigenvalue weighted by Gasteiger charge is 2.16. The van der Waals surface area contributed by atoms with Gasteiger partial charge in [0, 0.05) is 21.7 Å². The lowest BCUT2D eigenvalue weighted by molar-refractivity contribution is -0.113. The van der Waals surface area contributed by atoms with Gasteiger partial charge in [-0.25, -0.2) is 0 Å². The van der Waals surface area contributed by atoms with Gasteiger partial charge in [0.05, 0.1) is 22.4 Å². The lowest BCUT2D eigenvalue weighted by atomic mass is 10.1. The van der Waals surface area contributed by atoms with Crippen molar-refractivity contribution in [3.63, 3.8) is 0 Å². The van der Waals surface area contributed by atoms with Crippen molar-refractivity contribution in [1.29, 1.82) is 0 Å². The van der Waals surface area contributed by atoms with Crippen LogP contribution in [0.15, 0.2) is 108 Å². The molecular weight excluding hydrogens is 579 g/mol. The smallest absolute Gasteiger partial charge is 0.272 e. The van der Waals surface area contributed by atoms with Gasteiger partial charge in [0.15, 0.2) is 5.78 Å². The number of hydrogen-bond acceptors (Lipinski definition) is 5. The SMILES string of the molecule is CCOc1ccc(/C=C(\NC(=O)c2ccccc2)C(=O)Nc2cccc(SCC(=O)c3ccc(Cl)c(Cl)c3)c2)cc1. The Morgan fingerprint density at radius 3 is 2.29 bits per heavy atom. The van der Waals surface area contributed by atoms with Crippen LogP contribution in [0.5, 0.6) is 5.75 Å². The van der Waals surface area contributed by atoms with E-state index in [0.717, 1.165) is 4.90 Å². The van der Waals surface area contributed by atoms with Gasteiger partial charge in [-0.15, -0.1) is 11.8 Å². The second-order valence-corrected chi connectivity index (χ2v) is 10.6. The van der Waals surface area contributed by atoms with Crippen LogP contribution in [0.25, 0.3) is 6.08 Å². The Kier molecular flexibility index (Phi) is 10.6. The van der Waals surface area contributed by atoms with Gasteiger partial charge in [0.1, 0.15) is 11.4 Å². The van der Waals surface area contributed by atoms with Gasteiger partial charge in [0.2, 0.25) is 0 Å². The van der Waals surface area contributed by atoms with E-state index < -0.39 is 11.8 Å². The maximum Gasteiger partial charge on any atom is 0.272 e. The third kappa shape index (κ3) is 8.72. The molecule has 0 radical (unpaired) electrons. The molecule has 41 heavy (non-hydrogen) atoms. The second-order valence-electron chi connectivity index (χ2n) is 8.70. The van der Waals surface area contributed by atoms with Gasteiger partial charge in [-0.1, -0.05) is 59.6 Å². The quantitative estimate of drug-likeness (QED) is 0.104. The summed E-state index contributed by atoms with van der Waals surface area (Å²) in [5.74, 6) is -0.144. The number of Topliss-reactive ketones (excluding diaryl/α,β-unsaturated/α-hetero) is 1. The van der Waals surface area contributed by atoms with E-state index in [2.05, 4.69) is 10.6 Å². The molecule has 6 nitrogen and oxygen atoms in total. The van der Waals surface area contributed by atoms with Crippen LogP contribution in [0.4, 0.5) is 5.69 Å². The molecule has 0 aliphatic rings. The van der Waals surface area contributed by atoms with Crippen molar-refractivity contribution in [2.24, 2.45) is 0 Å². The predicted molar refractivity (Wildman–Crippen MR) is 166 cm³/mol. The Morgan fingerprint density at radius 1 is 0.829 bits per heavy atom. The standard InChI is InChI=1S/C32H26Cl2N2O4S/c1-2-40-25-14-11-21(12-15-25)17-29(36-31(38)22-7-4-3-5-8-22)32(39)35-24-9-6-10-26(19-24)41-20-30(37)23-13-16-27(33)28(34)18-23/h3-19H,2,20H2,1H3,(H,35,39)(H,36,38)/b29-17-. The number of halogens is 2. The fraction of sp³-hybridized carbons (Fsp3) is 0.0938. The molecule has 4 rings (SSSR count). The van der Waals surface area contributed by atoms with Gasteiger partial charge >= 0.3 is 0 Å². The van der Waals surface area contributed by atoms with Gasteiger partial charge in [-0.05, 0) is 79.2 Å². The average Bonchev–Trinajstić information content (AvgIpc) is 2.98. The summed E-state index contributed by atoms with van der Waals surface area (Å²) in [6.45, 7) is 2.44. The molecule has 0 aliphatic heterocycles. The van der Waals surface area contributed by atoms with E-state index in [-0.39, 0.29) is 17.2 Å². The average molecular weight is 606 g/mol. The minimum absolute atomic E-state index is 0.0656. The van der Waals surface area contributed by atoms with Crippen molar-refractivity contribution in [3.05, 3.63) is 129 Å². The summed E-state index contributed by atoms with van der Waals surface area (Å²) < 4.78 is 5.49. The molecule has 208 valence electrons. The number of ketones is 1. The minimum Gasteiger partial charge on any atom is -0.494 e. The van der Waals surface area contributed by atoms with Crippen LogP contribution in [0.2, 0.25) is 10.0 Å². The Morgan fingerprint density at radius 2 is 1.59 bits per heavy atom. The summed E-state index contributed by atoms with van der Waals surface area (Å²) in [4.78, 5) is 39.7. The zero-order valence-corrected chi connectivity index (χ0v) is 24.4. The van der Waals surface area contributed by atoms with E-state index in [1.807, 2.05) is 19.1 Å². The maximum absolute atomic E-state index is 13.4. The fourth-order valence-electron chi connectivity index (χ4n) is 3.70. The Labute approximate surface area is 252 Å². The summed E-state index contributed by atoms with van der Waals surface area (Å²) in [5.41, 5.74) is 2.17. The fourth-order valence-corrected chi connectivity index (χ4v) is 4.85. The molecule has 0 bridgehead atoms. The normalized spacial score (nSPS) is 11.0. The van der Waals surface area contributed by atoms with Crippen molar-refractivity contribution in [1.82, 2.24) is 5.32 Å². The van der Waals surface area contributed by atoms with Gasteiger partial charge in [-0.2, -0.15) is 0 Å². The number of carbonyl (C=O) groups excluding carboxylic acids is 3. The van der Waals surface area contributed by atoms with Crippen LogP contribution in [-0.2, 0) is 4.79 Å². The molecule has 0 atom stereocenters. The molecule has 2 amide bonds. The van der Waals surface area contributed by atoms with Crippen molar-refractivity contribution >= 4 is 64.3 Å². The van der Waals surface area contributed by atoms with Crippen molar-refractivity contribution < 1.29 is 19.1 Å². The molecular formula is C32H26Cl2N2O4S. The first-order valence-corrected chi connectivity index (χ1v) is 14.4. The van der Waals surface area contributed by atoms with E-state index in [1.54, 1.807) is 91.0 Å². The highest BCUT2D eigenvalue weighted by molar-refractivity contribution is 8.00. The molecule has 0 heterocycles. The molecule has 9 heteroatoms. The highest BCUT2D eigenvalue weighted by atomic mass is 35.5. The molecule has 4 aromatic rings. The molecule has 0 fully saturated rings. The maximum atomic E-state index is 13.4. The molecule has 0 saturated carbocycles. The third-order valence-corrected chi connectivity index (χ3v) is 7.47. The number of amides is 2. The van der Waals surface area contributed by atoms with Crippen molar-refractivity contribution in [3.8, 4) is 5.75 Å². The summed E-state index contributed by atoms with van der Waals surface area (Å²) >= 11 is 13.3. The van der Waals surface area contributed by atoms with E-state index >= 15 is 0 Å². The highest BCUT2D eigenvalue weighted by Crippen LogP contribution is 2.26. The van der Waals surface area contributed by atoms with Crippen LogP contribution in [0.1, 0.15) is 33.2 Å². The van der Waals surface area contributed by atoms with Crippen LogP contribution in [0, 0.1) is 0 Å². The zero-order valence-electron chi connectivity index (χ0n) is 22.0. The summed E-state index contributed by atoms with van der Waals surface area (Å²) in [6.07, 6.45) is 1.60. The molecule has 0 unspecified atom stereocenters. The topological polar surface area (TPSA) is 84.5 Å². The number of benzene rings is 4. The summed E-state index contributed by atoms with van der Waals surface area (Å²) in [7, 11) is 0. The Hall–Kier alpha value is -4.04. The number of hydrogen-bond donors (Lipinski definition) is 2. The number of thioether (sulfide) groups is 1. The van der Waals surface area contributed by atoms with Crippen LogP contribution in [-0.4, -0.2) is 30.0 Å². The predicted octanol–water partition coefficient (Wildman–Crippen LogP) is 7.78. The molecule has 2 N–H and O–H groups in total. The van der Waals surface area contributed by atoms with Crippen molar-refractivity contribution in [2.45, 2.75) is 11.8 Å². The van der Waals surface area contributed by atoms with Gasteiger partial charge < -0.3 is 15.4 Å². The number of ether oxygens (including phenoxy) is 1. The molecule has 0 saturated heterocycles. The van der Waals surface area contributed by atoms with Crippen LogP contribution >= 0.6 is 35.0 Å². The van der Waals surface area contributed by atoms with Gasteiger partial charge in [0.25, 0.3) is 11.8 Å². The minimum atomic E-state index is -0.503. The Balaban J connectivity index is 1.49. The first-order valence-electron chi connectivity index (χ1n) is 12.7. The summed E-state index contributed by atoms with van der Waals surface area (Å²) in [5, 5.41) is 6.28. The van der Waals surface area contributed by atoms with E-state index in [1.165, 1.54) is 11.8 Å². The lowest BCUT2D eigenvalue weighted by Crippen LogP contribution is -2.30. The number of anilines is 1. The molecule has 4 aromatic carbocycles. The number of nitrogens with one attached hydrogen (secondary N) is 2. The monoisotopic (exact) mass is 604 g/mol. The molecule has 0 aliphatic carbocycles. The van der Waals surface area contributed by atoms with E-state index in [9.17, 15) is 14.4 Å². The first-order chi connectivity index (χ1) is 19.8.